The van der Waals surface area contributed by atoms with E-state index < -0.39 is 0 Å². The normalized spacial score (nSPS) is 8.94. The van der Waals surface area contributed by atoms with Crippen molar-refractivity contribution >= 4 is 40.5 Å². The van der Waals surface area contributed by atoms with Crippen molar-refractivity contribution in [3.05, 3.63) is 66.7 Å². The summed E-state index contributed by atoms with van der Waals surface area (Å²) >= 11 is 12.8. The van der Waals surface area contributed by atoms with E-state index in [4.69, 9.17) is 38.4 Å². The average Bonchev–Trinajstić information content (AvgIpc) is 2.85. The summed E-state index contributed by atoms with van der Waals surface area (Å²) in [5, 5.41) is 3.63. The third kappa shape index (κ3) is 8.25. The van der Waals surface area contributed by atoms with Crippen LogP contribution in [0.4, 0.5) is 17.3 Å². The maximum Gasteiger partial charge on any atom is 0.158 e. The van der Waals surface area contributed by atoms with Gasteiger partial charge in [0.05, 0.1) is 25.6 Å². The van der Waals surface area contributed by atoms with Crippen molar-refractivity contribution in [2.75, 3.05) is 25.3 Å². The lowest BCUT2D eigenvalue weighted by Gasteiger charge is -2.16. The van der Waals surface area contributed by atoms with Crippen LogP contribution in [0.3, 0.4) is 0 Å². The summed E-state index contributed by atoms with van der Waals surface area (Å²) in [7, 11) is 2.99. The van der Waals surface area contributed by atoms with Crippen molar-refractivity contribution in [3.8, 4) is 22.9 Å². The maximum atomic E-state index is 6.40. The van der Waals surface area contributed by atoms with Gasteiger partial charge in [-0.3, -0.25) is 0 Å². The molecule has 3 aromatic rings. The van der Waals surface area contributed by atoms with Crippen molar-refractivity contribution in [1.82, 2.24) is 19.9 Å². The first kappa shape index (κ1) is 29.6. The van der Waals surface area contributed by atoms with Gasteiger partial charge in [-0.1, -0.05) is 43.1 Å². The number of methoxy groups -OCH3 is 2. The summed E-state index contributed by atoms with van der Waals surface area (Å²) in [5.74, 6) is 1.48. The smallest absolute Gasteiger partial charge is 0.158 e. The summed E-state index contributed by atoms with van der Waals surface area (Å²) in [6.45, 7) is 15.2. The van der Waals surface area contributed by atoms with Crippen molar-refractivity contribution in [2.24, 2.45) is 0 Å². The maximum absolute atomic E-state index is 6.40. The summed E-state index contributed by atoms with van der Waals surface area (Å²) in [6.07, 6.45) is 6.15. The molecule has 0 radical (unpaired) electrons. The highest BCUT2D eigenvalue weighted by Crippen LogP contribution is 2.45. The summed E-state index contributed by atoms with van der Waals surface area (Å²) in [6, 6.07) is 3.18. The Morgan fingerprint density at radius 3 is 1.94 bits per heavy atom. The van der Waals surface area contributed by atoms with Gasteiger partial charge in [0.1, 0.15) is 39.4 Å². The highest BCUT2D eigenvalue weighted by Gasteiger charge is 2.20. The van der Waals surface area contributed by atoms with Gasteiger partial charge in [0.2, 0.25) is 0 Å². The van der Waals surface area contributed by atoms with Crippen LogP contribution in [0.15, 0.2) is 56.7 Å². The van der Waals surface area contributed by atoms with Crippen molar-refractivity contribution < 1.29 is 9.47 Å². The number of hydrogen-bond acceptors (Lipinski definition) is 8. The molecule has 0 aliphatic heterocycles. The molecule has 0 spiro atoms. The lowest BCUT2D eigenvalue weighted by molar-refractivity contribution is 0.395. The van der Waals surface area contributed by atoms with Gasteiger partial charge < -0.3 is 20.5 Å². The number of nitrogens with zero attached hydrogens (tertiary/aromatic N) is 4. The minimum Gasteiger partial charge on any atom is -0.495 e. The highest BCUT2D eigenvalue weighted by molar-refractivity contribution is 6.41. The lowest BCUT2D eigenvalue weighted by atomic mass is 10.2. The zero-order valence-electron chi connectivity index (χ0n) is 19.5. The van der Waals surface area contributed by atoms with Gasteiger partial charge in [0.15, 0.2) is 5.82 Å². The second kappa shape index (κ2) is 16.3. The molecular formula is C23H30Cl2N6O2. The Kier molecular flexibility index (Phi) is 14.6. The number of hydrogen-bond donors (Lipinski definition) is 2. The molecule has 1 aromatic carbocycles. The van der Waals surface area contributed by atoms with E-state index in [2.05, 4.69) is 45.0 Å². The molecule has 2 aromatic heterocycles. The van der Waals surface area contributed by atoms with E-state index in [1.165, 1.54) is 32.9 Å². The number of nitrogens with one attached hydrogen (secondary N) is 1. The predicted octanol–water partition coefficient (Wildman–Crippen LogP) is 6.60. The van der Waals surface area contributed by atoms with Gasteiger partial charge in [-0.25, -0.2) is 19.9 Å². The first-order valence-electron chi connectivity index (χ1n) is 9.79. The number of aromatic nitrogens is 4. The van der Waals surface area contributed by atoms with E-state index in [1.807, 2.05) is 20.8 Å². The van der Waals surface area contributed by atoms with Crippen molar-refractivity contribution in [1.29, 1.82) is 0 Å². The molecule has 0 unspecified atom stereocenters. The average molecular weight is 493 g/mol. The van der Waals surface area contributed by atoms with Crippen LogP contribution in [0, 0.1) is 0 Å². The third-order valence-corrected chi connectivity index (χ3v) is 4.20. The molecule has 33 heavy (non-hydrogen) atoms. The van der Waals surface area contributed by atoms with E-state index in [0.29, 0.717) is 40.2 Å². The zero-order chi connectivity index (χ0) is 25.4. The van der Waals surface area contributed by atoms with Gasteiger partial charge in [-0.15, -0.1) is 19.7 Å². The monoisotopic (exact) mass is 492 g/mol. The van der Waals surface area contributed by atoms with E-state index in [9.17, 15) is 0 Å². The number of allylic oxidation sites excluding steroid dienone is 1. The number of rotatable bonds is 5. The molecule has 0 aliphatic rings. The van der Waals surface area contributed by atoms with E-state index in [-0.39, 0.29) is 10.0 Å². The number of nitrogen functional groups attached to an aromatic ring is 1. The van der Waals surface area contributed by atoms with Crippen LogP contribution in [-0.4, -0.2) is 34.2 Å². The molecule has 0 atom stereocenters. The Morgan fingerprint density at radius 1 is 0.939 bits per heavy atom. The van der Waals surface area contributed by atoms with Crippen molar-refractivity contribution in [3.63, 3.8) is 0 Å². The Bertz CT molecular complexity index is 990. The molecule has 10 heteroatoms. The summed E-state index contributed by atoms with van der Waals surface area (Å²) in [4.78, 5) is 16.7. The van der Waals surface area contributed by atoms with Crippen LogP contribution >= 0.6 is 23.2 Å². The second-order valence-electron chi connectivity index (χ2n) is 5.40. The largest absolute Gasteiger partial charge is 0.495 e. The van der Waals surface area contributed by atoms with Crippen LogP contribution < -0.4 is 20.5 Å². The molecule has 2 heterocycles. The molecule has 0 amide bonds. The van der Waals surface area contributed by atoms with E-state index >= 15 is 0 Å². The number of benzene rings is 1. The number of ether oxygens (including phenoxy) is 2. The standard InChI is InChI=1S/C16H14Cl2N6O2.C3H6.C2H6.C2H4/c1-25-9-6-10(26-2)13(18)15(12(9)17)24-16-14(20-3-4-21-16)8-5-11(19)23-7-22-8;1-3-2;2*1-2/h3-7H,1-2H3,(H,21,24)(H2,19,22,23);3H,1H2,2H3;1-2H3;1-2H2. The molecule has 178 valence electrons. The van der Waals surface area contributed by atoms with Crippen molar-refractivity contribution in [2.45, 2.75) is 20.8 Å². The molecule has 0 saturated carbocycles. The van der Waals surface area contributed by atoms with Gasteiger partial charge in [0.25, 0.3) is 0 Å². The first-order valence-corrected chi connectivity index (χ1v) is 10.5. The lowest BCUT2D eigenvalue weighted by Crippen LogP contribution is -2.03. The zero-order valence-corrected chi connectivity index (χ0v) is 21.0. The molecule has 0 saturated heterocycles. The topological polar surface area (TPSA) is 108 Å². The molecule has 3 N–H and O–H groups in total. The minimum atomic E-state index is 0.275. The molecule has 3 rings (SSSR count). The fraction of sp³-hybridized carbons (Fsp3) is 0.217. The Balaban J connectivity index is 0.00000132. The van der Waals surface area contributed by atoms with Gasteiger partial charge in [-0.05, 0) is 6.92 Å². The molecule has 0 fully saturated rings. The molecule has 0 aliphatic carbocycles. The molecule has 0 bridgehead atoms. The van der Waals surface area contributed by atoms with Crippen LogP contribution in [0.25, 0.3) is 11.4 Å². The fourth-order valence-corrected chi connectivity index (χ4v) is 2.83. The van der Waals surface area contributed by atoms with E-state index in [0.717, 1.165) is 0 Å². The second-order valence-corrected chi connectivity index (χ2v) is 6.15. The van der Waals surface area contributed by atoms with Crippen LogP contribution in [0.5, 0.6) is 11.5 Å². The number of halogens is 2. The van der Waals surface area contributed by atoms with Crippen LogP contribution in [-0.2, 0) is 0 Å². The minimum absolute atomic E-state index is 0.275. The Labute approximate surface area is 205 Å². The summed E-state index contributed by atoms with van der Waals surface area (Å²) in [5.41, 5.74) is 7.05. The Morgan fingerprint density at radius 2 is 1.45 bits per heavy atom. The van der Waals surface area contributed by atoms with Gasteiger partial charge in [0, 0.05) is 24.5 Å². The quantitative estimate of drug-likeness (QED) is 0.383. The number of nitrogens with two attached hydrogens (primary N) is 1. The SMILES string of the molecule is C=C.C=CC.CC.COc1cc(OC)c(Cl)c(Nc2nccnc2-c2cc(N)ncn2)c1Cl. The first-order chi connectivity index (χ1) is 16.0. The molecule has 8 nitrogen and oxygen atoms in total. The van der Waals surface area contributed by atoms with Gasteiger partial charge >= 0.3 is 0 Å². The fourth-order valence-electron chi connectivity index (χ4n) is 2.23. The predicted molar refractivity (Wildman–Crippen MR) is 139 cm³/mol. The Hall–Kier alpha value is -3.36. The number of anilines is 3. The molecular weight excluding hydrogens is 463 g/mol. The summed E-state index contributed by atoms with van der Waals surface area (Å²) < 4.78 is 10.5. The highest BCUT2D eigenvalue weighted by atomic mass is 35.5. The van der Waals surface area contributed by atoms with Crippen LogP contribution in [0.2, 0.25) is 10.0 Å². The third-order valence-electron chi connectivity index (χ3n) is 3.45. The van der Waals surface area contributed by atoms with E-state index in [1.54, 1.807) is 18.2 Å². The van der Waals surface area contributed by atoms with Crippen LogP contribution in [0.1, 0.15) is 20.8 Å². The van der Waals surface area contributed by atoms with Gasteiger partial charge in [-0.2, -0.15) is 0 Å².